The van der Waals surface area contributed by atoms with Gasteiger partial charge in [-0.15, -0.1) is 11.3 Å². The third kappa shape index (κ3) is 4.50. The third-order valence-electron chi connectivity index (χ3n) is 4.36. The van der Waals surface area contributed by atoms with Crippen molar-refractivity contribution in [2.45, 2.75) is 13.0 Å². The highest BCUT2D eigenvalue weighted by atomic mass is 32.1. The van der Waals surface area contributed by atoms with Crippen molar-refractivity contribution < 1.29 is 9.59 Å². The van der Waals surface area contributed by atoms with Crippen LogP contribution in [0.4, 0.5) is 5.69 Å². The second kappa shape index (κ2) is 8.28. The molecule has 0 saturated heterocycles. The van der Waals surface area contributed by atoms with Gasteiger partial charge in [0.05, 0.1) is 22.8 Å². The second-order valence-electron chi connectivity index (χ2n) is 6.32. The molecule has 0 fully saturated rings. The fourth-order valence-electron chi connectivity index (χ4n) is 2.70. The molecule has 1 heterocycles. The summed E-state index contributed by atoms with van der Waals surface area (Å²) in [5.74, 6) is -0.327. The zero-order valence-corrected chi connectivity index (χ0v) is 16.3. The molecule has 1 aromatic heterocycles. The lowest BCUT2D eigenvalue weighted by Crippen LogP contribution is -2.32. The molecule has 0 aliphatic rings. The summed E-state index contributed by atoms with van der Waals surface area (Å²) in [4.78, 5) is 30.7. The number of anilines is 1. The Labute approximate surface area is 162 Å². The van der Waals surface area contributed by atoms with Gasteiger partial charge in [-0.3, -0.25) is 14.5 Å². The quantitative estimate of drug-likeness (QED) is 0.686. The fraction of sp³-hybridized carbons (Fsp3) is 0.250. The van der Waals surface area contributed by atoms with E-state index in [2.05, 4.69) is 21.7 Å². The molecule has 6 nitrogen and oxygen atoms in total. The molecule has 27 heavy (non-hydrogen) atoms. The van der Waals surface area contributed by atoms with E-state index in [1.807, 2.05) is 37.1 Å². The molecule has 2 aromatic carbocycles. The van der Waals surface area contributed by atoms with Crippen molar-refractivity contribution in [1.82, 2.24) is 15.2 Å². The minimum atomic E-state index is -0.187. The van der Waals surface area contributed by atoms with Crippen molar-refractivity contribution in [3.8, 4) is 0 Å². The Morgan fingerprint density at radius 1 is 1.19 bits per heavy atom. The molecule has 140 valence electrons. The summed E-state index contributed by atoms with van der Waals surface area (Å²) in [5, 5.41) is 6.40. The molecule has 0 aliphatic carbocycles. The molecule has 2 amide bonds. The van der Waals surface area contributed by atoms with Crippen LogP contribution in [0.5, 0.6) is 0 Å². The van der Waals surface area contributed by atoms with E-state index in [9.17, 15) is 9.59 Å². The summed E-state index contributed by atoms with van der Waals surface area (Å²) >= 11 is 1.64. The Bertz CT molecular complexity index is 936. The van der Waals surface area contributed by atoms with Crippen LogP contribution >= 0.6 is 11.3 Å². The van der Waals surface area contributed by atoms with E-state index >= 15 is 0 Å². The van der Waals surface area contributed by atoms with Gasteiger partial charge in [0.15, 0.2) is 0 Å². The molecular weight excluding hydrogens is 360 g/mol. The molecular formula is C20H22N4O2S. The van der Waals surface area contributed by atoms with Crippen LogP contribution in [0.2, 0.25) is 0 Å². The van der Waals surface area contributed by atoms with Crippen molar-refractivity contribution >= 4 is 39.1 Å². The van der Waals surface area contributed by atoms with Crippen LogP contribution in [0.15, 0.2) is 48.5 Å². The average Bonchev–Trinajstić information content (AvgIpc) is 3.10. The standard InChI is InChI=1S/C20H22N4O2S/c1-13(20-23-16-9-4-5-10-17(16)27-20)24(3)12-18(25)22-15-8-6-7-14(11-15)19(26)21-2/h4-11,13H,12H2,1-3H3,(H,21,26)(H,22,25)/t13-/m1/s1. The van der Waals surface area contributed by atoms with Crippen molar-refractivity contribution in [3.63, 3.8) is 0 Å². The lowest BCUT2D eigenvalue weighted by Gasteiger charge is -2.22. The summed E-state index contributed by atoms with van der Waals surface area (Å²) in [6.07, 6.45) is 0. The first-order valence-electron chi connectivity index (χ1n) is 8.65. The van der Waals surface area contributed by atoms with E-state index in [4.69, 9.17) is 0 Å². The van der Waals surface area contributed by atoms with Gasteiger partial charge in [0, 0.05) is 18.3 Å². The number of nitrogens with zero attached hydrogens (tertiary/aromatic N) is 2. The summed E-state index contributed by atoms with van der Waals surface area (Å²) in [6, 6.07) is 14.9. The van der Waals surface area contributed by atoms with Crippen molar-refractivity contribution in [3.05, 3.63) is 59.1 Å². The maximum Gasteiger partial charge on any atom is 0.251 e. The summed E-state index contributed by atoms with van der Waals surface area (Å²) in [5.41, 5.74) is 2.09. The average molecular weight is 382 g/mol. The van der Waals surface area contributed by atoms with Gasteiger partial charge < -0.3 is 10.6 Å². The van der Waals surface area contributed by atoms with Crippen molar-refractivity contribution in [1.29, 1.82) is 0 Å². The molecule has 2 N–H and O–H groups in total. The topological polar surface area (TPSA) is 74.3 Å². The number of carbonyl (C=O) groups excluding carboxylic acids is 2. The molecule has 0 unspecified atom stereocenters. The second-order valence-corrected chi connectivity index (χ2v) is 7.38. The molecule has 0 saturated carbocycles. The molecule has 1 atom stereocenters. The van der Waals surface area contributed by atoms with Crippen LogP contribution in [0.25, 0.3) is 10.2 Å². The number of rotatable bonds is 6. The number of likely N-dealkylation sites (N-methyl/N-ethyl adjacent to an activating group) is 1. The zero-order valence-electron chi connectivity index (χ0n) is 15.5. The molecule has 3 aromatic rings. The van der Waals surface area contributed by atoms with Crippen molar-refractivity contribution in [2.24, 2.45) is 0 Å². The highest BCUT2D eigenvalue weighted by Gasteiger charge is 2.18. The van der Waals surface area contributed by atoms with Crippen LogP contribution in [0, 0.1) is 0 Å². The number of aromatic nitrogens is 1. The van der Waals surface area contributed by atoms with Gasteiger partial charge in [0.25, 0.3) is 5.91 Å². The Hall–Kier alpha value is -2.77. The lowest BCUT2D eigenvalue weighted by atomic mass is 10.2. The van der Waals surface area contributed by atoms with E-state index < -0.39 is 0 Å². The number of carbonyl (C=O) groups is 2. The van der Waals surface area contributed by atoms with E-state index in [0.717, 1.165) is 15.2 Å². The first kappa shape index (κ1) is 19.0. The van der Waals surface area contributed by atoms with Gasteiger partial charge >= 0.3 is 0 Å². The molecule has 3 rings (SSSR count). The summed E-state index contributed by atoms with van der Waals surface area (Å²) in [6.45, 7) is 2.26. The van der Waals surface area contributed by atoms with E-state index in [1.165, 1.54) is 0 Å². The lowest BCUT2D eigenvalue weighted by molar-refractivity contribution is -0.117. The van der Waals surface area contributed by atoms with E-state index in [1.54, 1.807) is 42.6 Å². The Morgan fingerprint density at radius 3 is 2.70 bits per heavy atom. The minimum absolute atomic E-state index is 0.0188. The van der Waals surface area contributed by atoms with E-state index in [0.29, 0.717) is 11.3 Å². The monoisotopic (exact) mass is 382 g/mol. The summed E-state index contributed by atoms with van der Waals surface area (Å²) < 4.78 is 1.14. The number of nitrogens with one attached hydrogen (secondary N) is 2. The highest BCUT2D eigenvalue weighted by Crippen LogP contribution is 2.28. The van der Waals surface area contributed by atoms with E-state index in [-0.39, 0.29) is 24.4 Å². The number of fused-ring (bicyclic) bond motifs is 1. The summed E-state index contributed by atoms with van der Waals surface area (Å²) in [7, 11) is 3.48. The highest BCUT2D eigenvalue weighted by molar-refractivity contribution is 7.18. The van der Waals surface area contributed by atoms with Gasteiger partial charge in [-0.05, 0) is 44.3 Å². The van der Waals surface area contributed by atoms with Gasteiger partial charge in [-0.2, -0.15) is 0 Å². The Balaban J connectivity index is 1.64. The van der Waals surface area contributed by atoms with Crippen LogP contribution in [-0.2, 0) is 4.79 Å². The number of benzene rings is 2. The minimum Gasteiger partial charge on any atom is -0.355 e. The maximum absolute atomic E-state index is 12.4. The normalized spacial score (nSPS) is 12.1. The van der Waals surface area contributed by atoms with Gasteiger partial charge in [-0.25, -0.2) is 4.98 Å². The Kier molecular flexibility index (Phi) is 5.83. The zero-order chi connectivity index (χ0) is 19.4. The van der Waals surface area contributed by atoms with Gasteiger partial charge in [0.1, 0.15) is 5.01 Å². The Morgan fingerprint density at radius 2 is 1.96 bits per heavy atom. The number of hydrogen-bond acceptors (Lipinski definition) is 5. The number of amides is 2. The third-order valence-corrected chi connectivity index (χ3v) is 5.56. The molecule has 0 spiro atoms. The van der Waals surface area contributed by atoms with Crippen molar-refractivity contribution in [2.75, 3.05) is 26.0 Å². The van der Waals surface area contributed by atoms with Gasteiger partial charge in [-0.1, -0.05) is 18.2 Å². The van der Waals surface area contributed by atoms with Crippen LogP contribution in [-0.4, -0.2) is 42.3 Å². The van der Waals surface area contributed by atoms with Gasteiger partial charge in [0.2, 0.25) is 5.91 Å². The van der Waals surface area contributed by atoms with Crippen LogP contribution in [0.1, 0.15) is 28.3 Å². The first-order chi connectivity index (χ1) is 13.0. The molecule has 0 bridgehead atoms. The number of hydrogen-bond donors (Lipinski definition) is 2. The molecule has 7 heteroatoms. The molecule has 0 radical (unpaired) electrons. The fourth-order valence-corrected chi connectivity index (χ4v) is 3.79. The van der Waals surface area contributed by atoms with Crippen LogP contribution < -0.4 is 10.6 Å². The first-order valence-corrected chi connectivity index (χ1v) is 9.47. The predicted octanol–water partition coefficient (Wildman–Crippen LogP) is 3.29. The predicted molar refractivity (Wildman–Crippen MR) is 109 cm³/mol. The SMILES string of the molecule is CNC(=O)c1cccc(NC(=O)CN(C)[C@H](C)c2nc3ccccc3s2)c1. The molecule has 0 aliphatic heterocycles. The largest absolute Gasteiger partial charge is 0.355 e. The number of thiazole rings is 1. The van der Waals surface area contributed by atoms with Crippen LogP contribution in [0.3, 0.4) is 0 Å². The maximum atomic E-state index is 12.4. The number of para-hydroxylation sites is 1. The smallest absolute Gasteiger partial charge is 0.251 e.